The molecule has 1 heterocycles. The molecular weight excluding hydrogens is 304 g/mol. The number of nitrogens with one attached hydrogen (secondary N) is 1. The van der Waals surface area contributed by atoms with Crippen molar-refractivity contribution in [1.82, 2.24) is 10.2 Å². The summed E-state index contributed by atoms with van der Waals surface area (Å²) in [5, 5.41) is 16.2. The number of rotatable bonds is 6. The average molecular weight is 322 g/mol. The number of aromatic nitrogens is 2. The van der Waals surface area contributed by atoms with Crippen molar-refractivity contribution in [3.63, 3.8) is 0 Å². The largest absolute Gasteiger partial charge is 0.493 e. The Balaban J connectivity index is 1.74. The molecule has 2 N–H and O–H groups in total. The fourth-order valence-corrected chi connectivity index (χ4v) is 2.56. The molecule has 3 rings (SSSR count). The van der Waals surface area contributed by atoms with E-state index in [0.29, 0.717) is 29.3 Å². The minimum absolute atomic E-state index is 0.191. The van der Waals surface area contributed by atoms with Crippen LogP contribution in [-0.4, -0.2) is 27.9 Å². The predicted molar refractivity (Wildman–Crippen MR) is 91.4 cm³/mol. The van der Waals surface area contributed by atoms with Gasteiger partial charge in [0.05, 0.1) is 6.61 Å². The van der Waals surface area contributed by atoms with E-state index >= 15 is 0 Å². The molecule has 5 heteroatoms. The fourth-order valence-electron chi connectivity index (χ4n) is 2.56. The number of carbonyl (C=O) groups is 1. The molecule has 0 unspecified atom stereocenters. The summed E-state index contributed by atoms with van der Waals surface area (Å²) in [6.07, 6.45) is 0.812. The van der Waals surface area contributed by atoms with Crippen molar-refractivity contribution in [3.05, 3.63) is 71.4 Å². The Kier molecular flexibility index (Phi) is 4.61. The molecule has 0 fully saturated rings. The summed E-state index contributed by atoms with van der Waals surface area (Å²) in [5.41, 5.74) is 3.08. The summed E-state index contributed by atoms with van der Waals surface area (Å²) in [4.78, 5) is 11.4. The molecule has 0 atom stereocenters. The van der Waals surface area contributed by atoms with Crippen molar-refractivity contribution < 1.29 is 14.6 Å². The molecule has 0 saturated carbocycles. The van der Waals surface area contributed by atoms with Gasteiger partial charge in [0.15, 0.2) is 0 Å². The molecule has 1 aromatic heterocycles. The van der Waals surface area contributed by atoms with Crippen LogP contribution >= 0.6 is 0 Å². The number of carboxylic acids is 1. The van der Waals surface area contributed by atoms with Gasteiger partial charge in [0.25, 0.3) is 0 Å². The highest BCUT2D eigenvalue weighted by Crippen LogP contribution is 2.27. The molecular formula is C19H18N2O3. The highest BCUT2D eigenvalue weighted by atomic mass is 16.5. The number of aryl methyl sites for hydroxylation is 1. The highest BCUT2D eigenvalue weighted by molar-refractivity contribution is 5.96. The lowest BCUT2D eigenvalue weighted by atomic mass is 10.1. The second-order valence-corrected chi connectivity index (χ2v) is 5.49. The maximum absolute atomic E-state index is 11.4. The lowest BCUT2D eigenvalue weighted by molar-refractivity contribution is 0.0697. The number of nitrogens with zero attached hydrogens (tertiary/aromatic N) is 1. The first-order chi connectivity index (χ1) is 11.6. The number of carboxylic acid groups (broad SMARTS) is 1. The molecule has 0 radical (unpaired) electrons. The Morgan fingerprint density at radius 2 is 1.96 bits per heavy atom. The summed E-state index contributed by atoms with van der Waals surface area (Å²) < 4.78 is 5.79. The van der Waals surface area contributed by atoms with Gasteiger partial charge in [-0.05, 0) is 24.6 Å². The van der Waals surface area contributed by atoms with Crippen molar-refractivity contribution in [3.8, 4) is 17.0 Å². The highest BCUT2D eigenvalue weighted by Gasteiger charge is 2.18. The van der Waals surface area contributed by atoms with Crippen LogP contribution in [0.25, 0.3) is 11.3 Å². The SMILES string of the molecule is Cc1[nH]nc(-c2cccc(OCCc3ccccc3)c2)c1C(=O)O. The van der Waals surface area contributed by atoms with Crippen LogP contribution in [0.1, 0.15) is 21.6 Å². The Bertz CT molecular complexity index is 841. The van der Waals surface area contributed by atoms with Crippen LogP contribution in [0.15, 0.2) is 54.6 Å². The first-order valence-corrected chi connectivity index (χ1v) is 7.70. The van der Waals surface area contributed by atoms with Gasteiger partial charge in [-0.15, -0.1) is 0 Å². The molecule has 3 aromatic rings. The van der Waals surface area contributed by atoms with Gasteiger partial charge in [0, 0.05) is 17.7 Å². The van der Waals surface area contributed by atoms with E-state index in [-0.39, 0.29) is 5.56 Å². The molecule has 0 amide bonds. The Labute approximate surface area is 139 Å². The second kappa shape index (κ2) is 7.00. The Hall–Kier alpha value is -3.08. The van der Waals surface area contributed by atoms with E-state index in [1.54, 1.807) is 6.92 Å². The van der Waals surface area contributed by atoms with Crippen LogP contribution in [0.3, 0.4) is 0 Å². The predicted octanol–water partition coefficient (Wildman–Crippen LogP) is 3.70. The van der Waals surface area contributed by atoms with Crippen molar-refractivity contribution in [2.45, 2.75) is 13.3 Å². The zero-order valence-electron chi connectivity index (χ0n) is 13.3. The molecule has 0 bridgehead atoms. The number of aromatic amines is 1. The smallest absolute Gasteiger partial charge is 0.339 e. The third-order valence-electron chi connectivity index (χ3n) is 3.77. The van der Waals surface area contributed by atoms with E-state index in [4.69, 9.17) is 4.74 Å². The van der Waals surface area contributed by atoms with E-state index in [2.05, 4.69) is 22.3 Å². The topological polar surface area (TPSA) is 75.2 Å². The molecule has 0 aliphatic heterocycles. The van der Waals surface area contributed by atoms with E-state index < -0.39 is 5.97 Å². The van der Waals surface area contributed by atoms with Gasteiger partial charge in [-0.1, -0.05) is 42.5 Å². The number of benzene rings is 2. The number of hydrogen-bond donors (Lipinski definition) is 2. The van der Waals surface area contributed by atoms with Crippen LogP contribution in [0.2, 0.25) is 0 Å². The Morgan fingerprint density at radius 1 is 1.17 bits per heavy atom. The van der Waals surface area contributed by atoms with E-state index in [1.807, 2.05) is 42.5 Å². The average Bonchev–Trinajstić information content (AvgIpc) is 2.98. The van der Waals surface area contributed by atoms with Gasteiger partial charge in [-0.25, -0.2) is 4.79 Å². The van der Waals surface area contributed by atoms with Crippen molar-refractivity contribution >= 4 is 5.97 Å². The monoisotopic (exact) mass is 322 g/mol. The second-order valence-electron chi connectivity index (χ2n) is 5.49. The van der Waals surface area contributed by atoms with Gasteiger partial charge in [-0.2, -0.15) is 5.10 Å². The first-order valence-electron chi connectivity index (χ1n) is 7.70. The number of H-pyrrole nitrogens is 1. The molecule has 24 heavy (non-hydrogen) atoms. The Morgan fingerprint density at radius 3 is 2.71 bits per heavy atom. The van der Waals surface area contributed by atoms with Gasteiger partial charge >= 0.3 is 5.97 Å². The number of aromatic carboxylic acids is 1. The first kappa shape index (κ1) is 15.8. The summed E-state index contributed by atoms with van der Waals surface area (Å²) in [7, 11) is 0. The van der Waals surface area contributed by atoms with E-state index in [9.17, 15) is 9.90 Å². The van der Waals surface area contributed by atoms with Crippen LogP contribution in [0.5, 0.6) is 5.75 Å². The van der Waals surface area contributed by atoms with Crippen LogP contribution in [0, 0.1) is 6.92 Å². The zero-order chi connectivity index (χ0) is 16.9. The standard InChI is InChI=1S/C19H18N2O3/c1-13-17(19(22)23)18(21-20-13)15-8-5-9-16(12-15)24-11-10-14-6-3-2-4-7-14/h2-9,12H,10-11H2,1H3,(H,20,21)(H,22,23). The summed E-state index contributed by atoms with van der Waals surface area (Å²) in [6.45, 7) is 2.25. The quantitative estimate of drug-likeness (QED) is 0.725. The fraction of sp³-hybridized carbons (Fsp3) is 0.158. The van der Waals surface area contributed by atoms with Gasteiger partial charge in [0.2, 0.25) is 0 Å². The van der Waals surface area contributed by atoms with E-state index in [0.717, 1.165) is 6.42 Å². The summed E-state index contributed by atoms with van der Waals surface area (Å²) in [5.74, 6) is -0.299. The van der Waals surface area contributed by atoms with E-state index in [1.165, 1.54) is 5.56 Å². The lowest BCUT2D eigenvalue weighted by Gasteiger charge is -2.08. The van der Waals surface area contributed by atoms with Crippen molar-refractivity contribution in [2.75, 3.05) is 6.61 Å². The van der Waals surface area contributed by atoms with Crippen molar-refractivity contribution in [1.29, 1.82) is 0 Å². The van der Waals surface area contributed by atoms with Crippen molar-refractivity contribution in [2.24, 2.45) is 0 Å². The third kappa shape index (κ3) is 3.46. The van der Waals surface area contributed by atoms with Gasteiger partial charge in [-0.3, -0.25) is 5.10 Å². The minimum Gasteiger partial charge on any atom is -0.493 e. The molecule has 5 nitrogen and oxygen atoms in total. The van der Waals surface area contributed by atoms with Gasteiger partial charge in [0.1, 0.15) is 17.0 Å². The molecule has 0 aliphatic carbocycles. The number of hydrogen-bond acceptors (Lipinski definition) is 3. The van der Waals surface area contributed by atoms with Crippen LogP contribution < -0.4 is 4.74 Å². The maximum Gasteiger partial charge on any atom is 0.339 e. The van der Waals surface area contributed by atoms with Gasteiger partial charge < -0.3 is 9.84 Å². The molecule has 0 saturated heterocycles. The van der Waals surface area contributed by atoms with Crippen LogP contribution in [-0.2, 0) is 6.42 Å². The molecule has 0 spiro atoms. The maximum atomic E-state index is 11.4. The minimum atomic E-state index is -0.994. The summed E-state index contributed by atoms with van der Waals surface area (Å²) in [6, 6.07) is 17.4. The number of ether oxygens (including phenoxy) is 1. The third-order valence-corrected chi connectivity index (χ3v) is 3.77. The molecule has 2 aromatic carbocycles. The molecule has 0 aliphatic rings. The zero-order valence-corrected chi connectivity index (χ0v) is 13.3. The van der Waals surface area contributed by atoms with Crippen LogP contribution in [0.4, 0.5) is 0 Å². The summed E-state index contributed by atoms with van der Waals surface area (Å²) >= 11 is 0. The molecule has 122 valence electrons. The normalized spacial score (nSPS) is 10.5. The lowest BCUT2D eigenvalue weighted by Crippen LogP contribution is -2.02.